The number of Topliss-reactive ketones (excluding diaryl/α,β-unsaturated/α-hetero) is 1. The number of halogens is 1. The van der Waals surface area contributed by atoms with Crippen LogP contribution in [0.2, 0.25) is 5.02 Å². The fourth-order valence-electron chi connectivity index (χ4n) is 2.37. The van der Waals surface area contributed by atoms with Crippen molar-refractivity contribution in [1.29, 1.82) is 0 Å². The third-order valence-corrected chi connectivity index (χ3v) is 3.91. The summed E-state index contributed by atoms with van der Waals surface area (Å²) in [7, 11) is 1.29. The minimum absolute atomic E-state index is 0.211. The standard InChI is InChI=1S/C19H15ClO5/c1-11(19(22)23-2)24-14-7-8-15-16(10-14)25-17(18(15)21)9-12-3-5-13(20)6-4-12/h3-11H,1-2H3/t11-/m0/s1. The molecular weight excluding hydrogens is 344 g/mol. The highest BCUT2D eigenvalue weighted by Gasteiger charge is 2.28. The number of benzene rings is 2. The number of ketones is 1. The second-order valence-electron chi connectivity index (χ2n) is 5.43. The summed E-state index contributed by atoms with van der Waals surface area (Å²) < 4.78 is 15.8. The van der Waals surface area contributed by atoms with Gasteiger partial charge in [-0.05, 0) is 42.8 Å². The normalized spacial score (nSPS) is 15.5. The predicted molar refractivity (Wildman–Crippen MR) is 92.9 cm³/mol. The molecule has 128 valence electrons. The lowest BCUT2D eigenvalue weighted by molar-refractivity contribution is -0.147. The molecule has 2 aromatic rings. The lowest BCUT2D eigenvalue weighted by Gasteiger charge is -2.12. The van der Waals surface area contributed by atoms with Crippen LogP contribution in [0.4, 0.5) is 0 Å². The summed E-state index contributed by atoms with van der Waals surface area (Å²) in [5, 5.41) is 0.616. The van der Waals surface area contributed by atoms with E-state index in [1.54, 1.807) is 55.5 Å². The van der Waals surface area contributed by atoms with Gasteiger partial charge in [0.25, 0.3) is 0 Å². The third-order valence-electron chi connectivity index (χ3n) is 3.66. The molecule has 3 rings (SSSR count). The van der Waals surface area contributed by atoms with Crippen molar-refractivity contribution >= 4 is 29.4 Å². The fraction of sp³-hybridized carbons (Fsp3) is 0.158. The van der Waals surface area contributed by atoms with Gasteiger partial charge in [-0.2, -0.15) is 0 Å². The number of allylic oxidation sites excluding steroid dienone is 1. The Balaban J connectivity index is 1.81. The molecule has 0 fully saturated rings. The van der Waals surface area contributed by atoms with Crippen molar-refractivity contribution in [1.82, 2.24) is 0 Å². The number of hydrogen-bond donors (Lipinski definition) is 0. The molecule has 1 heterocycles. The molecule has 0 unspecified atom stereocenters. The van der Waals surface area contributed by atoms with Crippen LogP contribution >= 0.6 is 11.6 Å². The first kappa shape index (κ1) is 17.0. The first-order chi connectivity index (χ1) is 12.0. The Labute approximate surface area is 149 Å². The van der Waals surface area contributed by atoms with Gasteiger partial charge in [0.1, 0.15) is 11.5 Å². The van der Waals surface area contributed by atoms with E-state index in [9.17, 15) is 9.59 Å². The van der Waals surface area contributed by atoms with E-state index in [4.69, 9.17) is 21.1 Å². The molecule has 0 amide bonds. The van der Waals surface area contributed by atoms with E-state index < -0.39 is 12.1 Å². The highest BCUT2D eigenvalue weighted by molar-refractivity contribution is 6.30. The molecule has 0 saturated carbocycles. The second-order valence-corrected chi connectivity index (χ2v) is 5.87. The summed E-state index contributed by atoms with van der Waals surface area (Å²) in [6.45, 7) is 1.58. The topological polar surface area (TPSA) is 61.8 Å². The van der Waals surface area contributed by atoms with Gasteiger partial charge in [-0.3, -0.25) is 4.79 Å². The molecule has 6 heteroatoms. The van der Waals surface area contributed by atoms with Gasteiger partial charge >= 0.3 is 5.97 Å². The van der Waals surface area contributed by atoms with Crippen molar-refractivity contribution in [3.8, 4) is 11.5 Å². The minimum Gasteiger partial charge on any atom is -0.479 e. The monoisotopic (exact) mass is 358 g/mol. The van der Waals surface area contributed by atoms with E-state index in [1.807, 2.05) is 0 Å². The molecule has 0 spiro atoms. The minimum atomic E-state index is -0.760. The van der Waals surface area contributed by atoms with E-state index in [1.165, 1.54) is 7.11 Å². The van der Waals surface area contributed by atoms with Crippen LogP contribution in [0.1, 0.15) is 22.8 Å². The average Bonchev–Trinajstić information content (AvgIpc) is 2.91. The Morgan fingerprint density at radius 2 is 1.92 bits per heavy atom. The highest BCUT2D eigenvalue weighted by Crippen LogP contribution is 2.35. The number of rotatable bonds is 4. The van der Waals surface area contributed by atoms with Gasteiger partial charge in [0.15, 0.2) is 11.9 Å². The summed E-state index contributed by atoms with van der Waals surface area (Å²) in [5.74, 6) is 0.325. The lowest BCUT2D eigenvalue weighted by atomic mass is 10.1. The number of carbonyl (C=O) groups is 2. The van der Waals surface area contributed by atoms with Crippen LogP contribution in [0, 0.1) is 0 Å². The molecule has 1 atom stereocenters. The molecule has 25 heavy (non-hydrogen) atoms. The average molecular weight is 359 g/mol. The molecule has 0 saturated heterocycles. The summed E-state index contributed by atoms with van der Waals surface area (Å²) >= 11 is 5.86. The Kier molecular flexibility index (Phi) is 4.76. The van der Waals surface area contributed by atoms with Crippen LogP contribution in [-0.2, 0) is 9.53 Å². The molecule has 2 aromatic carbocycles. The zero-order chi connectivity index (χ0) is 18.0. The van der Waals surface area contributed by atoms with E-state index in [0.29, 0.717) is 22.1 Å². The van der Waals surface area contributed by atoms with Gasteiger partial charge in [-0.25, -0.2) is 4.79 Å². The first-order valence-electron chi connectivity index (χ1n) is 7.56. The number of methoxy groups -OCH3 is 1. The number of ether oxygens (including phenoxy) is 3. The van der Waals surface area contributed by atoms with E-state index in [0.717, 1.165) is 5.56 Å². The van der Waals surface area contributed by atoms with Gasteiger partial charge in [0, 0.05) is 11.1 Å². The van der Waals surface area contributed by atoms with Crippen LogP contribution in [0.25, 0.3) is 6.08 Å². The smallest absolute Gasteiger partial charge is 0.346 e. The Bertz CT molecular complexity index is 855. The maximum atomic E-state index is 12.4. The molecule has 0 aliphatic carbocycles. The van der Waals surface area contributed by atoms with E-state index in [2.05, 4.69) is 4.74 Å². The number of fused-ring (bicyclic) bond motifs is 1. The van der Waals surface area contributed by atoms with Gasteiger partial charge in [0.05, 0.1) is 12.7 Å². The summed E-state index contributed by atoms with van der Waals surface area (Å²) in [4.78, 5) is 23.9. The summed E-state index contributed by atoms with van der Waals surface area (Å²) in [5.41, 5.74) is 1.25. The first-order valence-corrected chi connectivity index (χ1v) is 7.94. The quantitative estimate of drug-likeness (QED) is 0.612. The van der Waals surface area contributed by atoms with Crippen LogP contribution in [-0.4, -0.2) is 25.0 Å². The van der Waals surface area contributed by atoms with Gasteiger partial charge < -0.3 is 14.2 Å². The van der Waals surface area contributed by atoms with E-state index >= 15 is 0 Å². The van der Waals surface area contributed by atoms with Crippen molar-refractivity contribution in [3.05, 3.63) is 64.4 Å². The molecule has 5 nitrogen and oxygen atoms in total. The molecule has 0 N–H and O–H groups in total. The van der Waals surface area contributed by atoms with Crippen molar-refractivity contribution in [2.45, 2.75) is 13.0 Å². The SMILES string of the molecule is COC(=O)[C@H](C)Oc1ccc2c(c1)OC(=Cc1ccc(Cl)cc1)C2=O. The Morgan fingerprint density at radius 1 is 1.20 bits per heavy atom. The molecule has 0 bridgehead atoms. The Hall–Kier alpha value is -2.79. The van der Waals surface area contributed by atoms with Crippen molar-refractivity contribution < 1.29 is 23.8 Å². The van der Waals surface area contributed by atoms with Crippen molar-refractivity contribution in [2.75, 3.05) is 7.11 Å². The molecule has 0 radical (unpaired) electrons. The predicted octanol–water partition coefficient (Wildman–Crippen LogP) is 3.90. The van der Waals surface area contributed by atoms with Crippen LogP contribution < -0.4 is 9.47 Å². The molecule has 0 aromatic heterocycles. The van der Waals surface area contributed by atoms with Crippen molar-refractivity contribution in [3.63, 3.8) is 0 Å². The van der Waals surface area contributed by atoms with E-state index in [-0.39, 0.29) is 11.5 Å². The lowest BCUT2D eigenvalue weighted by Crippen LogP contribution is -2.24. The molecule has 1 aliphatic rings. The third kappa shape index (κ3) is 3.67. The zero-order valence-corrected chi connectivity index (χ0v) is 14.4. The highest BCUT2D eigenvalue weighted by atomic mass is 35.5. The van der Waals surface area contributed by atoms with Crippen LogP contribution in [0.3, 0.4) is 0 Å². The zero-order valence-electron chi connectivity index (χ0n) is 13.6. The summed E-state index contributed by atoms with van der Waals surface area (Å²) in [6, 6.07) is 11.9. The molecule has 1 aliphatic heterocycles. The maximum absolute atomic E-state index is 12.4. The second kappa shape index (κ2) is 6.99. The largest absolute Gasteiger partial charge is 0.479 e. The van der Waals surface area contributed by atoms with Gasteiger partial charge in [-0.1, -0.05) is 23.7 Å². The Morgan fingerprint density at radius 3 is 2.60 bits per heavy atom. The maximum Gasteiger partial charge on any atom is 0.346 e. The number of carbonyl (C=O) groups excluding carboxylic acids is 2. The van der Waals surface area contributed by atoms with Gasteiger partial charge in [0.2, 0.25) is 5.78 Å². The number of hydrogen-bond acceptors (Lipinski definition) is 5. The fourth-order valence-corrected chi connectivity index (χ4v) is 2.50. The van der Waals surface area contributed by atoms with Crippen LogP contribution in [0.15, 0.2) is 48.2 Å². The molecular formula is C19H15ClO5. The van der Waals surface area contributed by atoms with Crippen LogP contribution in [0.5, 0.6) is 11.5 Å². The summed E-state index contributed by atoms with van der Waals surface area (Å²) in [6.07, 6.45) is 0.889. The van der Waals surface area contributed by atoms with Crippen molar-refractivity contribution in [2.24, 2.45) is 0 Å². The van der Waals surface area contributed by atoms with Gasteiger partial charge in [-0.15, -0.1) is 0 Å². The number of esters is 1.